The molecule has 17 atom stereocenters. The van der Waals surface area contributed by atoms with Crippen LogP contribution in [-0.4, -0.2) is 193 Å². The lowest BCUT2D eigenvalue weighted by atomic mass is 9.96. The molecule has 0 spiro atoms. The molecule has 0 radical (unpaired) electrons. The third kappa shape index (κ3) is 50.9. The zero-order chi connectivity index (χ0) is 81.7. The van der Waals surface area contributed by atoms with Crippen molar-refractivity contribution in [2.45, 2.75) is 452 Å². The molecule has 12 N–H and O–H groups in total. The van der Waals surface area contributed by atoms with E-state index in [0.717, 1.165) is 116 Å². The summed E-state index contributed by atoms with van der Waals surface area (Å²) in [6, 6.07) is -0.901. The van der Waals surface area contributed by atoms with Gasteiger partial charge in [0.2, 0.25) is 5.91 Å². The Bertz CT molecular complexity index is 2460. The molecule has 0 aromatic heterocycles. The van der Waals surface area contributed by atoms with Gasteiger partial charge in [0.05, 0.1) is 38.6 Å². The summed E-state index contributed by atoms with van der Waals surface area (Å²) in [6.07, 6.45) is 74.7. The van der Waals surface area contributed by atoms with Gasteiger partial charge in [-0.2, -0.15) is 0 Å². The maximum absolute atomic E-state index is 13.6. The Morgan fingerprint density at radius 2 is 0.611 bits per heavy atom. The summed E-state index contributed by atoms with van der Waals surface area (Å²) >= 11 is 0. The molecule has 0 aliphatic carbocycles. The molecule has 19 heteroatoms. The average molecular weight is 1600 g/mol. The van der Waals surface area contributed by atoms with Crippen molar-refractivity contribution in [3.05, 3.63) is 109 Å². The lowest BCUT2D eigenvalue weighted by molar-refractivity contribution is -0.379. The van der Waals surface area contributed by atoms with Gasteiger partial charge in [-0.25, -0.2) is 0 Å². The van der Waals surface area contributed by atoms with Crippen molar-refractivity contribution in [2.75, 3.05) is 26.4 Å². The lowest BCUT2D eigenvalue weighted by Gasteiger charge is -2.48. The number of nitrogens with one attached hydrogen (secondary N) is 1. The summed E-state index contributed by atoms with van der Waals surface area (Å²) in [5.41, 5.74) is 0. The fourth-order valence-corrected chi connectivity index (χ4v) is 14.9. The van der Waals surface area contributed by atoms with Gasteiger partial charge in [0.15, 0.2) is 18.9 Å². The molecule has 1 amide bonds. The largest absolute Gasteiger partial charge is 0.394 e. The van der Waals surface area contributed by atoms with Gasteiger partial charge in [-0.15, -0.1) is 0 Å². The average Bonchev–Trinajstić information content (AvgIpc) is 0.779. The summed E-state index contributed by atoms with van der Waals surface area (Å²) in [7, 11) is 0. The van der Waals surface area contributed by atoms with E-state index in [1.54, 1.807) is 0 Å². The Morgan fingerprint density at radius 1 is 0.327 bits per heavy atom. The van der Waals surface area contributed by atoms with Crippen LogP contribution in [0.5, 0.6) is 0 Å². The molecule has 3 aliphatic heterocycles. The molecule has 3 aliphatic rings. The molecular weight excluding hydrogens is 1430 g/mol. The zero-order valence-electron chi connectivity index (χ0n) is 70.6. The molecule has 0 bridgehead atoms. The predicted molar refractivity (Wildman–Crippen MR) is 457 cm³/mol. The molecular formula is C94H165NO18. The molecule has 0 saturated carbocycles. The van der Waals surface area contributed by atoms with Gasteiger partial charge in [-0.3, -0.25) is 4.79 Å². The van der Waals surface area contributed by atoms with Crippen LogP contribution in [0.4, 0.5) is 0 Å². The summed E-state index contributed by atoms with van der Waals surface area (Å²) in [5, 5.41) is 121. The first-order chi connectivity index (χ1) is 55.3. The standard InChI is InChI=1S/C94H165NO18/c1-3-5-7-9-11-13-15-17-19-21-23-25-27-29-31-33-35-36-37-38-39-40-42-44-46-48-50-52-54-56-58-60-62-64-66-68-70-72-82(100)95-77(78(99)71-69-67-65-63-61-59-57-55-53-51-49-47-45-43-41-34-32-30-28-26-24-22-20-18-16-14-12-10-8-6-4-2)76-108-92-88(106)85(103)90(80(74-97)110-92)113-94-89(107)86(104)91(81(75-98)111-94)112-93-87(105)84(102)83(101)79(73-96)109-93/h5,7,11,13,17,19,23,25,29,31,35-36,38-39,42,44,48,50,77-81,83-94,96-99,101-107H,3-4,6,8-10,12,14-16,18,20-22,24,26-28,30,32-34,37,40-41,43,45-47,49,51-76H2,1-2H3,(H,95,100)/b7-5-,13-11-,19-17-,25-23-,31-29-,36-35-,39-38-,44-42-,50-48-. The van der Waals surface area contributed by atoms with Crippen LogP contribution in [0.15, 0.2) is 109 Å². The zero-order valence-corrected chi connectivity index (χ0v) is 70.6. The molecule has 3 saturated heterocycles. The second kappa shape index (κ2) is 72.5. The highest BCUT2D eigenvalue weighted by Gasteiger charge is 2.54. The van der Waals surface area contributed by atoms with Gasteiger partial charge >= 0.3 is 0 Å². The van der Waals surface area contributed by atoms with Crippen LogP contribution < -0.4 is 5.32 Å². The van der Waals surface area contributed by atoms with Crippen LogP contribution in [0, 0.1) is 0 Å². The Morgan fingerprint density at radius 3 is 0.956 bits per heavy atom. The van der Waals surface area contributed by atoms with Crippen molar-refractivity contribution in [2.24, 2.45) is 0 Å². The molecule has 0 aromatic carbocycles. The van der Waals surface area contributed by atoms with Crippen LogP contribution in [0.1, 0.15) is 348 Å². The number of aliphatic hydroxyl groups is 11. The molecule has 113 heavy (non-hydrogen) atoms. The van der Waals surface area contributed by atoms with Crippen LogP contribution in [-0.2, 0) is 33.2 Å². The Kier molecular flexibility index (Phi) is 66.5. The maximum Gasteiger partial charge on any atom is 0.220 e. The molecule has 3 fully saturated rings. The first kappa shape index (κ1) is 104. The van der Waals surface area contributed by atoms with Crippen molar-refractivity contribution in [3.63, 3.8) is 0 Å². The smallest absolute Gasteiger partial charge is 0.220 e. The molecule has 19 nitrogen and oxygen atoms in total. The fraction of sp³-hybridized carbons (Fsp3) is 0.798. The van der Waals surface area contributed by atoms with E-state index in [9.17, 15) is 61.0 Å². The number of hydrogen-bond acceptors (Lipinski definition) is 18. The van der Waals surface area contributed by atoms with Gasteiger partial charge in [0.1, 0.15) is 73.2 Å². The highest BCUT2D eigenvalue weighted by Crippen LogP contribution is 2.34. The van der Waals surface area contributed by atoms with E-state index >= 15 is 0 Å². The summed E-state index contributed by atoms with van der Waals surface area (Å²) in [5.74, 6) is -0.249. The number of rotatable bonds is 73. The maximum atomic E-state index is 13.6. The van der Waals surface area contributed by atoms with E-state index in [4.69, 9.17) is 28.4 Å². The van der Waals surface area contributed by atoms with E-state index in [0.29, 0.717) is 12.8 Å². The minimum absolute atomic E-state index is 0.249. The van der Waals surface area contributed by atoms with Crippen LogP contribution in [0.2, 0.25) is 0 Å². The SMILES string of the molecule is CC/C=C\C/C=C\C/C=C\C/C=C\C/C=C\C/C=C\C/C=C\C/C=C\C/C=C\CCCCCCCCCCCC(=O)NC(COC1OC(CO)C(OC2OC(CO)C(OC3OC(CO)C(O)C(O)C3O)C(O)C2O)C(O)C1O)C(O)CCCCCCCCCCCCCCCCCCCCCCCCCCCCCCCCC. The van der Waals surface area contributed by atoms with Crippen molar-refractivity contribution in [1.29, 1.82) is 0 Å². The number of carbonyl (C=O) groups excluding carboxylic acids is 1. The number of amides is 1. The minimum Gasteiger partial charge on any atom is -0.394 e. The van der Waals surface area contributed by atoms with E-state index in [1.807, 2.05) is 0 Å². The number of ether oxygens (including phenoxy) is 6. The van der Waals surface area contributed by atoms with Gasteiger partial charge < -0.3 is 89.9 Å². The Hall–Kier alpha value is -3.55. The topological polar surface area (TPSA) is 307 Å². The van der Waals surface area contributed by atoms with E-state index in [-0.39, 0.29) is 18.9 Å². The second-order valence-corrected chi connectivity index (χ2v) is 32.0. The first-order valence-corrected chi connectivity index (χ1v) is 45.6. The highest BCUT2D eigenvalue weighted by molar-refractivity contribution is 5.76. The number of aliphatic hydroxyl groups excluding tert-OH is 11. The van der Waals surface area contributed by atoms with E-state index < -0.39 is 124 Å². The van der Waals surface area contributed by atoms with Crippen molar-refractivity contribution < 1.29 is 89.4 Å². The number of unbranched alkanes of at least 4 members (excludes halogenated alkanes) is 39. The third-order valence-corrected chi connectivity index (χ3v) is 22.1. The Balaban J connectivity index is 1.33. The number of carbonyl (C=O) groups is 1. The predicted octanol–water partition coefficient (Wildman–Crippen LogP) is 17.6. The normalized spacial score (nSPS) is 25.3. The van der Waals surface area contributed by atoms with Gasteiger partial charge in [-0.1, -0.05) is 367 Å². The second-order valence-electron chi connectivity index (χ2n) is 32.0. The van der Waals surface area contributed by atoms with E-state index in [1.165, 1.54) is 199 Å². The third-order valence-electron chi connectivity index (χ3n) is 22.1. The first-order valence-electron chi connectivity index (χ1n) is 45.6. The lowest BCUT2D eigenvalue weighted by Crippen LogP contribution is -2.66. The summed E-state index contributed by atoms with van der Waals surface area (Å²) < 4.78 is 34.6. The van der Waals surface area contributed by atoms with Gasteiger partial charge in [0, 0.05) is 6.42 Å². The van der Waals surface area contributed by atoms with Crippen LogP contribution in [0.25, 0.3) is 0 Å². The fourth-order valence-electron chi connectivity index (χ4n) is 14.9. The molecule has 654 valence electrons. The summed E-state index contributed by atoms with van der Waals surface area (Å²) in [6.45, 7) is 1.72. The van der Waals surface area contributed by atoms with Crippen molar-refractivity contribution >= 4 is 5.91 Å². The quantitative estimate of drug-likeness (QED) is 0.0199. The minimum atomic E-state index is -1.98. The van der Waals surface area contributed by atoms with Gasteiger partial charge in [-0.05, 0) is 83.5 Å². The monoisotopic (exact) mass is 1600 g/mol. The van der Waals surface area contributed by atoms with Gasteiger partial charge in [0.25, 0.3) is 0 Å². The molecule has 3 heterocycles. The van der Waals surface area contributed by atoms with Crippen LogP contribution >= 0.6 is 0 Å². The van der Waals surface area contributed by atoms with Crippen LogP contribution in [0.3, 0.4) is 0 Å². The molecule has 3 rings (SSSR count). The van der Waals surface area contributed by atoms with Crippen molar-refractivity contribution in [1.82, 2.24) is 5.32 Å². The highest BCUT2D eigenvalue weighted by atomic mass is 16.8. The van der Waals surface area contributed by atoms with Crippen molar-refractivity contribution in [3.8, 4) is 0 Å². The van der Waals surface area contributed by atoms with E-state index in [2.05, 4.69) is 129 Å². The Labute approximate surface area is 685 Å². The number of hydrogen-bond donors (Lipinski definition) is 12. The summed E-state index contributed by atoms with van der Waals surface area (Å²) in [4.78, 5) is 13.6. The number of allylic oxidation sites excluding steroid dienone is 18. The molecule has 17 unspecified atom stereocenters. The molecule has 0 aromatic rings.